The van der Waals surface area contributed by atoms with Crippen molar-refractivity contribution in [1.29, 1.82) is 0 Å². The Kier molecular flexibility index (Phi) is 3.45. The van der Waals surface area contributed by atoms with Crippen molar-refractivity contribution in [1.82, 2.24) is 0 Å². The zero-order chi connectivity index (χ0) is 13.2. The third kappa shape index (κ3) is 2.42. The van der Waals surface area contributed by atoms with Crippen LogP contribution >= 0.6 is 0 Å². The highest BCUT2D eigenvalue weighted by Gasteiger charge is 2.50. The Bertz CT molecular complexity index is 452. The fourth-order valence-electron chi connectivity index (χ4n) is 1.99. The van der Waals surface area contributed by atoms with E-state index in [0.29, 0.717) is 6.54 Å². The molecule has 4 heteroatoms. The molecule has 1 aliphatic rings. The first kappa shape index (κ1) is 12.7. The molecule has 0 bridgehead atoms. The number of hydrogen-bond acceptors (Lipinski definition) is 3. The first-order chi connectivity index (χ1) is 8.61. The Morgan fingerprint density at radius 3 is 2.72 bits per heavy atom. The number of aliphatic carboxylic acids is 1. The summed E-state index contributed by atoms with van der Waals surface area (Å²) in [4.78, 5) is 11.1. The lowest BCUT2D eigenvalue weighted by Gasteiger charge is -2.15. The highest BCUT2D eigenvalue weighted by atomic mass is 16.5. The van der Waals surface area contributed by atoms with Gasteiger partial charge in [-0.05, 0) is 37.0 Å². The summed E-state index contributed by atoms with van der Waals surface area (Å²) in [6, 6.07) is 5.96. The van der Waals surface area contributed by atoms with Crippen LogP contribution in [0.15, 0.2) is 18.2 Å². The molecular formula is C14H19NO3. The molecule has 0 spiro atoms. The molecule has 1 saturated carbocycles. The van der Waals surface area contributed by atoms with Crippen molar-refractivity contribution in [2.75, 3.05) is 19.0 Å². The molecule has 1 aliphatic carbocycles. The van der Waals surface area contributed by atoms with Gasteiger partial charge in [-0.2, -0.15) is 0 Å². The summed E-state index contributed by atoms with van der Waals surface area (Å²) >= 11 is 0. The Balaban J connectivity index is 2.10. The maximum absolute atomic E-state index is 11.1. The molecule has 1 fully saturated rings. The third-order valence-electron chi connectivity index (χ3n) is 3.60. The van der Waals surface area contributed by atoms with E-state index in [2.05, 4.69) is 12.2 Å². The van der Waals surface area contributed by atoms with E-state index in [1.807, 2.05) is 18.2 Å². The van der Waals surface area contributed by atoms with E-state index >= 15 is 0 Å². The zero-order valence-electron chi connectivity index (χ0n) is 10.8. The number of methoxy groups -OCH3 is 1. The van der Waals surface area contributed by atoms with Crippen molar-refractivity contribution in [2.24, 2.45) is 5.41 Å². The minimum Gasteiger partial charge on any atom is -0.495 e. The Morgan fingerprint density at radius 1 is 1.50 bits per heavy atom. The lowest BCUT2D eigenvalue weighted by molar-refractivity contribution is -0.142. The first-order valence-corrected chi connectivity index (χ1v) is 6.25. The molecule has 98 valence electrons. The van der Waals surface area contributed by atoms with Crippen LogP contribution in [0, 0.1) is 5.41 Å². The molecule has 0 saturated heterocycles. The fourth-order valence-corrected chi connectivity index (χ4v) is 1.99. The standard InChI is InChI=1S/C14H19NO3/c1-3-10-4-5-12(18-2)11(8-10)15-9-14(6-7-14)13(16)17/h4-5,8,15H,3,6-7,9H2,1-2H3,(H,16,17). The number of rotatable bonds is 6. The van der Waals surface area contributed by atoms with Gasteiger partial charge in [0.25, 0.3) is 0 Å². The Hall–Kier alpha value is -1.71. The van der Waals surface area contributed by atoms with Crippen LogP contribution in [-0.2, 0) is 11.2 Å². The normalized spacial score (nSPS) is 16.1. The molecule has 2 rings (SSSR count). The second-order valence-electron chi connectivity index (χ2n) is 4.83. The average molecular weight is 249 g/mol. The number of ether oxygens (including phenoxy) is 1. The van der Waals surface area contributed by atoms with Gasteiger partial charge in [0.2, 0.25) is 0 Å². The topological polar surface area (TPSA) is 58.6 Å². The average Bonchev–Trinajstić information content (AvgIpc) is 3.17. The maximum atomic E-state index is 11.1. The summed E-state index contributed by atoms with van der Waals surface area (Å²) in [5.74, 6) is 0.0500. The van der Waals surface area contributed by atoms with Gasteiger partial charge in [-0.1, -0.05) is 13.0 Å². The van der Waals surface area contributed by atoms with Gasteiger partial charge in [0.05, 0.1) is 18.2 Å². The smallest absolute Gasteiger partial charge is 0.311 e. The fraction of sp³-hybridized carbons (Fsp3) is 0.500. The molecule has 0 unspecified atom stereocenters. The maximum Gasteiger partial charge on any atom is 0.311 e. The highest BCUT2D eigenvalue weighted by Crippen LogP contribution is 2.46. The predicted octanol–water partition coefficient (Wildman–Crippen LogP) is 2.53. The number of anilines is 1. The van der Waals surface area contributed by atoms with Gasteiger partial charge < -0.3 is 15.2 Å². The van der Waals surface area contributed by atoms with Crippen LogP contribution in [0.5, 0.6) is 5.75 Å². The van der Waals surface area contributed by atoms with Gasteiger partial charge in [-0.25, -0.2) is 0 Å². The van der Waals surface area contributed by atoms with Crippen LogP contribution in [-0.4, -0.2) is 24.7 Å². The molecule has 2 N–H and O–H groups in total. The monoisotopic (exact) mass is 249 g/mol. The van der Waals surface area contributed by atoms with Crippen LogP contribution in [0.1, 0.15) is 25.3 Å². The van der Waals surface area contributed by atoms with Crippen molar-refractivity contribution in [3.63, 3.8) is 0 Å². The molecule has 0 atom stereocenters. The number of carboxylic acid groups (broad SMARTS) is 1. The summed E-state index contributed by atoms with van der Waals surface area (Å²) in [6.45, 7) is 2.55. The molecule has 1 aromatic carbocycles. The number of aryl methyl sites for hydroxylation is 1. The van der Waals surface area contributed by atoms with E-state index in [9.17, 15) is 4.79 Å². The third-order valence-corrected chi connectivity index (χ3v) is 3.60. The van der Waals surface area contributed by atoms with E-state index in [-0.39, 0.29) is 0 Å². The second kappa shape index (κ2) is 4.88. The van der Waals surface area contributed by atoms with Gasteiger partial charge in [0.15, 0.2) is 0 Å². The second-order valence-corrected chi connectivity index (χ2v) is 4.83. The van der Waals surface area contributed by atoms with Crippen molar-refractivity contribution in [2.45, 2.75) is 26.2 Å². The van der Waals surface area contributed by atoms with E-state index in [4.69, 9.17) is 9.84 Å². The summed E-state index contributed by atoms with van der Waals surface area (Å²) < 4.78 is 5.28. The van der Waals surface area contributed by atoms with Crippen molar-refractivity contribution >= 4 is 11.7 Å². The highest BCUT2D eigenvalue weighted by molar-refractivity contribution is 5.78. The number of benzene rings is 1. The lowest BCUT2D eigenvalue weighted by Crippen LogP contribution is -2.24. The quantitative estimate of drug-likeness (QED) is 0.813. The molecular weight excluding hydrogens is 230 g/mol. The zero-order valence-corrected chi connectivity index (χ0v) is 10.8. The SMILES string of the molecule is CCc1ccc(OC)c(NCC2(C(=O)O)CC2)c1. The number of carboxylic acids is 1. The summed E-state index contributed by atoms with van der Waals surface area (Å²) in [5, 5.41) is 12.4. The van der Waals surface area contributed by atoms with E-state index in [1.54, 1.807) is 7.11 Å². The van der Waals surface area contributed by atoms with Gasteiger partial charge in [-0.3, -0.25) is 4.79 Å². The minimum absolute atomic E-state index is 0.464. The number of hydrogen-bond donors (Lipinski definition) is 2. The molecule has 0 amide bonds. The Morgan fingerprint density at radius 2 is 2.22 bits per heavy atom. The van der Waals surface area contributed by atoms with Crippen molar-refractivity contribution in [3.8, 4) is 5.75 Å². The van der Waals surface area contributed by atoms with Crippen LogP contribution in [0.25, 0.3) is 0 Å². The molecule has 1 aromatic rings. The van der Waals surface area contributed by atoms with Crippen molar-refractivity contribution < 1.29 is 14.6 Å². The summed E-state index contributed by atoms with van der Waals surface area (Å²) in [7, 11) is 1.62. The predicted molar refractivity (Wildman–Crippen MR) is 70.2 cm³/mol. The molecule has 4 nitrogen and oxygen atoms in total. The molecule has 0 heterocycles. The minimum atomic E-state index is -0.708. The van der Waals surface area contributed by atoms with Crippen LogP contribution in [0.3, 0.4) is 0 Å². The Labute approximate surface area is 107 Å². The summed E-state index contributed by atoms with van der Waals surface area (Å²) in [5.41, 5.74) is 1.52. The lowest BCUT2D eigenvalue weighted by atomic mass is 10.1. The van der Waals surface area contributed by atoms with Crippen molar-refractivity contribution in [3.05, 3.63) is 23.8 Å². The van der Waals surface area contributed by atoms with Crippen LogP contribution in [0.4, 0.5) is 5.69 Å². The van der Waals surface area contributed by atoms with Gasteiger partial charge in [0.1, 0.15) is 5.75 Å². The number of carbonyl (C=O) groups is 1. The molecule has 0 aliphatic heterocycles. The molecule has 18 heavy (non-hydrogen) atoms. The van der Waals surface area contributed by atoms with Crippen LogP contribution < -0.4 is 10.1 Å². The molecule has 0 radical (unpaired) electrons. The van der Waals surface area contributed by atoms with Gasteiger partial charge in [0, 0.05) is 6.54 Å². The largest absolute Gasteiger partial charge is 0.495 e. The van der Waals surface area contributed by atoms with Crippen LogP contribution in [0.2, 0.25) is 0 Å². The van der Waals surface area contributed by atoms with Gasteiger partial charge >= 0.3 is 5.97 Å². The number of nitrogens with one attached hydrogen (secondary N) is 1. The van der Waals surface area contributed by atoms with E-state index < -0.39 is 11.4 Å². The molecule has 0 aromatic heterocycles. The van der Waals surface area contributed by atoms with E-state index in [1.165, 1.54) is 5.56 Å². The summed E-state index contributed by atoms with van der Waals surface area (Å²) in [6.07, 6.45) is 2.46. The van der Waals surface area contributed by atoms with Gasteiger partial charge in [-0.15, -0.1) is 0 Å². The van der Waals surface area contributed by atoms with E-state index in [0.717, 1.165) is 30.7 Å². The first-order valence-electron chi connectivity index (χ1n) is 6.25.